The van der Waals surface area contributed by atoms with Crippen molar-refractivity contribution in [2.45, 2.75) is 25.3 Å². The van der Waals surface area contributed by atoms with Crippen LogP contribution in [0.3, 0.4) is 0 Å². The third-order valence-corrected chi connectivity index (χ3v) is 4.33. The molecule has 0 amide bonds. The van der Waals surface area contributed by atoms with Crippen LogP contribution in [0.25, 0.3) is 10.9 Å². The summed E-state index contributed by atoms with van der Waals surface area (Å²) in [6.07, 6.45) is 1.02. The van der Waals surface area contributed by atoms with Crippen LogP contribution >= 0.6 is 0 Å². The van der Waals surface area contributed by atoms with Crippen LogP contribution in [0.15, 0.2) is 44.1 Å². The first kappa shape index (κ1) is 16.2. The van der Waals surface area contributed by atoms with Crippen LogP contribution in [-0.4, -0.2) is 24.2 Å². The highest BCUT2D eigenvalue weighted by Gasteiger charge is 2.13. The average molecular weight is 326 g/mol. The van der Waals surface area contributed by atoms with E-state index in [0.29, 0.717) is 10.1 Å². The topological polar surface area (TPSA) is 89.0 Å². The van der Waals surface area contributed by atoms with Gasteiger partial charge in [-0.2, -0.15) is 0 Å². The Hall–Kier alpha value is -2.22. The number of nitrogens with one attached hydrogen (secondary N) is 1. The Balaban J connectivity index is 2.78. The predicted molar refractivity (Wildman–Crippen MR) is 81.4 cm³/mol. The molecule has 1 N–H and O–H groups in total. The van der Waals surface area contributed by atoms with Gasteiger partial charge in [-0.05, 0) is 37.6 Å². The molecule has 22 heavy (non-hydrogen) atoms. The largest absolute Gasteiger partial charge is 0.329 e. The van der Waals surface area contributed by atoms with Crippen LogP contribution in [0.1, 0.15) is 13.8 Å². The zero-order valence-electron chi connectivity index (χ0n) is 12.3. The van der Waals surface area contributed by atoms with E-state index in [4.69, 9.17) is 0 Å². The molecule has 2 aromatic rings. The summed E-state index contributed by atoms with van der Waals surface area (Å²) >= 11 is 0. The summed E-state index contributed by atoms with van der Waals surface area (Å²) in [6, 6.07) is 3.82. The number of benzene rings is 1. The van der Waals surface area contributed by atoms with E-state index < -0.39 is 33.5 Å². The van der Waals surface area contributed by atoms with Gasteiger partial charge in [0.2, 0.25) is 0 Å². The Morgan fingerprint density at radius 1 is 1.27 bits per heavy atom. The van der Waals surface area contributed by atoms with E-state index >= 15 is 0 Å². The van der Waals surface area contributed by atoms with Crippen LogP contribution < -0.4 is 11.2 Å². The van der Waals surface area contributed by atoms with Gasteiger partial charge < -0.3 is 4.98 Å². The minimum Gasteiger partial charge on any atom is -0.307 e. The molecular weight excluding hydrogens is 311 g/mol. The number of nitrogens with zero attached hydrogens (tertiary/aromatic N) is 1. The van der Waals surface area contributed by atoms with Gasteiger partial charge in [0.1, 0.15) is 5.83 Å². The second-order valence-electron chi connectivity index (χ2n) is 5.21. The Kier molecular flexibility index (Phi) is 4.06. The molecule has 0 saturated carbocycles. The van der Waals surface area contributed by atoms with Gasteiger partial charge in [-0.25, -0.2) is 17.6 Å². The third kappa shape index (κ3) is 3.01. The third-order valence-electron chi connectivity index (χ3n) is 3.22. The molecule has 0 atom stereocenters. The van der Waals surface area contributed by atoms with Crippen LogP contribution in [0.5, 0.6) is 0 Å². The van der Waals surface area contributed by atoms with Gasteiger partial charge in [0.05, 0.1) is 22.3 Å². The summed E-state index contributed by atoms with van der Waals surface area (Å²) in [5, 5.41) is 0.0177. The van der Waals surface area contributed by atoms with Gasteiger partial charge in [0, 0.05) is 6.26 Å². The molecule has 0 bridgehead atoms. The van der Waals surface area contributed by atoms with Crippen molar-refractivity contribution >= 4 is 20.7 Å². The number of rotatable bonds is 3. The highest BCUT2D eigenvalue weighted by atomic mass is 32.2. The second kappa shape index (κ2) is 5.53. The van der Waals surface area contributed by atoms with E-state index in [2.05, 4.69) is 4.98 Å². The summed E-state index contributed by atoms with van der Waals surface area (Å²) in [7, 11) is -3.49. The van der Waals surface area contributed by atoms with Crippen molar-refractivity contribution in [3.05, 3.63) is 50.4 Å². The summed E-state index contributed by atoms with van der Waals surface area (Å²) in [5.74, 6) is -0.591. The molecular formula is C14H15FN2O4S. The minimum atomic E-state index is -3.49. The molecule has 0 radical (unpaired) electrons. The lowest BCUT2D eigenvalue weighted by molar-refractivity contribution is 0.528. The van der Waals surface area contributed by atoms with Crippen LogP contribution in [0, 0.1) is 0 Å². The first-order valence-corrected chi connectivity index (χ1v) is 8.29. The smallest absolute Gasteiger partial charge is 0.307 e. The van der Waals surface area contributed by atoms with E-state index in [1.165, 1.54) is 32.0 Å². The number of fused-ring (bicyclic) bond motifs is 1. The molecule has 0 aliphatic heterocycles. The monoisotopic (exact) mass is 326 g/mol. The fourth-order valence-electron chi connectivity index (χ4n) is 1.90. The molecule has 1 aromatic heterocycles. The maximum atomic E-state index is 13.7. The summed E-state index contributed by atoms with van der Waals surface area (Å²) in [4.78, 5) is 26.6. The van der Waals surface area contributed by atoms with Crippen molar-refractivity contribution in [3.63, 3.8) is 0 Å². The highest BCUT2D eigenvalue weighted by Crippen LogP contribution is 2.14. The maximum absolute atomic E-state index is 13.7. The summed E-state index contributed by atoms with van der Waals surface area (Å²) < 4.78 is 37.5. The number of hydrogen-bond donors (Lipinski definition) is 1. The standard InChI is InChI=1S/C14H15FN2O4S/c1-8(2)11(15)7-17-13(18)10-6-9(22(3,20)21)4-5-12(10)16-14(17)19/h4-6H,7H2,1-3H3,(H,16,19). The number of halogens is 1. The van der Waals surface area contributed by atoms with Crippen LogP contribution in [-0.2, 0) is 16.4 Å². The molecule has 0 saturated heterocycles. The Labute approximate surface area is 125 Å². The maximum Gasteiger partial charge on any atom is 0.329 e. The van der Waals surface area contributed by atoms with E-state index in [1.807, 2.05) is 0 Å². The highest BCUT2D eigenvalue weighted by molar-refractivity contribution is 7.90. The van der Waals surface area contributed by atoms with Crippen molar-refractivity contribution in [2.24, 2.45) is 0 Å². The van der Waals surface area contributed by atoms with E-state index in [0.717, 1.165) is 6.26 Å². The van der Waals surface area contributed by atoms with Crippen molar-refractivity contribution in [2.75, 3.05) is 6.26 Å². The van der Waals surface area contributed by atoms with Gasteiger partial charge >= 0.3 is 5.69 Å². The molecule has 0 aliphatic carbocycles. The normalized spacial score (nSPS) is 11.6. The quantitative estimate of drug-likeness (QED) is 0.922. The SMILES string of the molecule is CC(C)=C(F)Cn1c(=O)[nH]c2ccc(S(C)(=O)=O)cc2c1=O. The molecule has 118 valence electrons. The molecule has 1 heterocycles. The van der Waals surface area contributed by atoms with Gasteiger partial charge in [-0.1, -0.05) is 0 Å². The Bertz CT molecular complexity index is 996. The lowest BCUT2D eigenvalue weighted by Gasteiger charge is -2.07. The predicted octanol–water partition coefficient (Wildman–Crippen LogP) is 1.36. The fourth-order valence-corrected chi connectivity index (χ4v) is 2.55. The van der Waals surface area contributed by atoms with Crippen molar-refractivity contribution in [1.82, 2.24) is 9.55 Å². The van der Waals surface area contributed by atoms with Gasteiger partial charge in [0.25, 0.3) is 5.56 Å². The average Bonchev–Trinajstić information content (AvgIpc) is 2.41. The lowest BCUT2D eigenvalue weighted by Crippen LogP contribution is -2.35. The zero-order valence-corrected chi connectivity index (χ0v) is 13.1. The number of aromatic amines is 1. The number of H-pyrrole nitrogens is 1. The van der Waals surface area contributed by atoms with Crippen molar-refractivity contribution in [1.29, 1.82) is 0 Å². The Morgan fingerprint density at radius 3 is 2.45 bits per heavy atom. The molecule has 1 aromatic carbocycles. The van der Waals surface area contributed by atoms with Crippen molar-refractivity contribution in [3.8, 4) is 0 Å². The van der Waals surface area contributed by atoms with Crippen LogP contribution in [0.2, 0.25) is 0 Å². The molecule has 0 aliphatic rings. The fraction of sp³-hybridized carbons (Fsp3) is 0.286. The first-order valence-electron chi connectivity index (χ1n) is 6.40. The number of aromatic nitrogens is 2. The van der Waals surface area contributed by atoms with Gasteiger partial charge in [-0.3, -0.25) is 9.36 Å². The van der Waals surface area contributed by atoms with Gasteiger partial charge in [-0.15, -0.1) is 0 Å². The van der Waals surface area contributed by atoms with Gasteiger partial charge in [0.15, 0.2) is 9.84 Å². The number of hydrogen-bond acceptors (Lipinski definition) is 4. The second-order valence-corrected chi connectivity index (χ2v) is 7.22. The first-order chi connectivity index (χ1) is 10.1. The lowest BCUT2D eigenvalue weighted by atomic mass is 10.2. The molecule has 0 fully saturated rings. The molecule has 0 spiro atoms. The van der Waals surface area contributed by atoms with E-state index in [1.54, 1.807) is 0 Å². The summed E-state index contributed by atoms with van der Waals surface area (Å²) in [6.45, 7) is 2.56. The summed E-state index contributed by atoms with van der Waals surface area (Å²) in [5.41, 5.74) is -0.922. The molecule has 0 unspecified atom stereocenters. The Morgan fingerprint density at radius 2 is 1.91 bits per heavy atom. The van der Waals surface area contributed by atoms with Crippen LogP contribution in [0.4, 0.5) is 4.39 Å². The minimum absolute atomic E-state index is 0.0177. The zero-order chi connectivity index (χ0) is 16.7. The molecule has 2 rings (SSSR count). The van der Waals surface area contributed by atoms with Crippen molar-refractivity contribution < 1.29 is 12.8 Å². The molecule has 6 nitrogen and oxygen atoms in total. The number of allylic oxidation sites excluding steroid dienone is 2. The molecule has 8 heteroatoms. The van der Waals surface area contributed by atoms with E-state index in [9.17, 15) is 22.4 Å². The van der Waals surface area contributed by atoms with E-state index in [-0.39, 0.29) is 15.8 Å². The number of sulfone groups is 1.